The Labute approximate surface area is 131 Å². The lowest BCUT2D eigenvalue weighted by molar-refractivity contribution is 0.256. The molecule has 0 aromatic heterocycles. The van der Waals surface area contributed by atoms with E-state index in [0.717, 1.165) is 26.1 Å². The molecule has 0 bridgehead atoms. The van der Waals surface area contributed by atoms with Crippen LogP contribution in [0.2, 0.25) is 0 Å². The van der Waals surface area contributed by atoms with E-state index in [1.165, 1.54) is 30.5 Å². The van der Waals surface area contributed by atoms with Crippen LogP contribution >= 0.6 is 0 Å². The molecule has 1 N–H and O–H groups in total. The number of aryl methyl sites for hydroxylation is 1. The van der Waals surface area contributed by atoms with Crippen molar-refractivity contribution in [3.8, 4) is 0 Å². The zero-order valence-electron chi connectivity index (χ0n) is 14.7. The van der Waals surface area contributed by atoms with E-state index in [1.54, 1.807) is 0 Å². The summed E-state index contributed by atoms with van der Waals surface area (Å²) in [7, 11) is 2.22. The highest BCUT2D eigenvalue weighted by atomic mass is 15.1. The maximum Gasteiger partial charge on any atom is 0.0363 e. The van der Waals surface area contributed by atoms with Crippen molar-refractivity contribution < 1.29 is 0 Å². The standard InChI is InChI=1S/C19H34N2/c1-6-14-20-15-19(8-3,9-4)16-21(5)18-12-10-17(7-2)11-13-18/h10-13,20H,6-9,14-16H2,1-5H3. The average molecular weight is 290 g/mol. The van der Waals surface area contributed by atoms with Gasteiger partial charge in [-0.25, -0.2) is 0 Å². The highest BCUT2D eigenvalue weighted by molar-refractivity contribution is 5.47. The molecule has 120 valence electrons. The number of hydrogen-bond donors (Lipinski definition) is 1. The van der Waals surface area contributed by atoms with Crippen LogP contribution in [0.25, 0.3) is 0 Å². The second-order valence-corrected chi connectivity index (χ2v) is 6.26. The molecular formula is C19H34N2. The van der Waals surface area contributed by atoms with E-state index in [-0.39, 0.29) is 0 Å². The van der Waals surface area contributed by atoms with Crippen LogP contribution in [-0.2, 0) is 6.42 Å². The normalized spacial score (nSPS) is 11.7. The minimum Gasteiger partial charge on any atom is -0.374 e. The largest absolute Gasteiger partial charge is 0.374 e. The first-order valence-corrected chi connectivity index (χ1v) is 8.61. The fourth-order valence-corrected chi connectivity index (χ4v) is 2.89. The number of benzene rings is 1. The number of anilines is 1. The monoisotopic (exact) mass is 290 g/mol. The summed E-state index contributed by atoms with van der Waals surface area (Å²) in [5, 5.41) is 3.63. The average Bonchev–Trinajstić information content (AvgIpc) is 2.54. The van der Waals surface area contributed by atoms with Crippen molar-refractivity contribution in [2.45, 2.75) is 53.4 Å². The highest BCUT2D eigenvalue weighted by Crippen LogP contribution is 2.28. The molecule has 0 unspecified atom stereocenters. The van der Waals surface area contributed by atoms with Gasteiger partial charge in [-0.05, 0) is 55.3 Å². The molecule has 0 fully saturated rings. The number of nitrogens with one attached hydrogen (secondary N) is 1. The first-order chi connectivity index (χ1) is 10.1. The lowest BCUT2D eigenvalue weighted by Gasteiger charge is -2.37. The summed E-state index contributed by atoms with van der Waals surface area (Å²) in [6.07, 6.45) is 4.76. The molecule has 0 amide bonds. The first kappa shape index (κ1) is 18.0. The van der Waals surface area contributed by atoms with Crippen LogP contribution in [-0.4, -0.2) is 26.7 Å². The van der Waals surface area contributed by atoms with Crippen molar-refractivity contribution in [2.24, 2.45) is 5.41 Å². The molecule has 21 heavy (non-hydrogen) atoms. The van der Waals surface area contributed by atoms with Gasteiger partial charge in [0.05, 0.1) is 0 Å². The van der Waals surface area contributed by atoms with Crippen molar-refractivity contribution in [3.63, 3.8) is 0 Å². The Morgan fingerprint density at radius 3 is 2.10 bits per heavy atom. The van der Waals surface area contributed by atoms with E-state index in [9.17, 15) is 0 Å². The number of nitrogens with zero attached hydrogens (tertiary/aromatic N) is 1. The quantitative estimate of drug-likeness (QED) is 0.639. The van der Waals surface area contributed by atoms with E-state index in [0.29, 0.717) is 5.41 Å². The van der Waals surface area contributed by atoms with Gasteiger partial charge >= 0.3 is 0 Å². The van der Waals surface area contributed by atoms with Gasteiger partial charge in [0.1, 0.15) is 0 Å². The Bertz CT molecular complexity index is 379. The predicted octanol–water partition coefficient (Wildman–Crippen LogP) is 4.49. The van der Waals surface area contributed by atoms with Crippen LogP contribution < -0.4 is 10.2 Å². The zero-order chi connectivity index (χ0) is 15.7. The van der Waals surface area contributed by atoms with E-state index in [4.69, 9.17) is 0 Å². The summed E-state index contributed by atoms with van der Waals surface area (Å²) in [6.45, 7) is 12.4. The van der Waals surface area contributed by atoms with Gasteiger partial charge in [0.15, 0.2) is 0 Å². The SMILES string of the molecule is CCCNCC(CC)(CC)CN(C)c1ccc(CC)cc1. The first-order valence-electron chi connectivity index (χ1n) is 8.61. The fourth-order valence-electron chi connectivity index (χ4n) is 2.89. The molecule has 0 aliphatic carbocycles. The molecule has 0 saturated carbocycles. The second kappa shape index (κ2) is 9.09. The lowest BCUT2D eigenvalue weighted by Crippen LogP contribution is -2.42. The lowest BCUT2D eigenvalue weighted by atomic mass is 9.81. The van der Waals surface area contributed by atoms with E-state index >= 15 is 0 Å². The third kappa shape index (κ3) is 5.35. The summed E-state index contributed by atoms with van der Waals surface area (Å²) in [4.78, 5) is 2.42. The van der Waals surface area contributed by atoms with Crippen LogP contribution in [0.1, 0.15) is 52.5 Å². The molecular weight excluding hydrogens is 256 g/mol. The molecule has 2 heteroatoms. The summed E-state index contributed by atoms with van der Waals surface area (Å²) in [5.74, 6) is 0. The molecule has 0 aliphatic rings. The Kier molecular flexibility index (Phi) is 7.81. The summed E-state index contributed by atoms with van der Waals surface area (Å²) >= 11 is 0. The van der Waals surface area contributed by atoms with Crippen molar-refractivity contribution >= 4 is 5.69 Å². The van der Waals surface area contributed by atoms with Gasteiger partial charge < -0.3 is 10.2 Å². The smallest absolute Gasteiger partial charge is 0.0363 e. The summed E-state index contributed by atoms with van der Waals surface area (Å²) < 4.78 is 0. The maximum atomic E-state index is 3.63. The van der Waals surface area contributed by atoms with Crippen molar-refractivity contribution in [3.05, 3.63) is 29.8 Å². The third-order valence-corrected chi connectivity index (χ3v) is 4.78. The Morgan fingerprint density at radius 2 is 1.62 bits per heavy atom. The van der Waals surface area contributed by atoms with Gasteiger partial charge in [-0.2, -0.15) is 0 Å². The topological polar surface area (TPSA) is 15.3 Å². The third-order valence-electron chi connectivity index (χ3n) is 4.78. The Balaban J connectivity index is 2.71. The Morgan fingerprint density at radius 1 is 1.00 bits per heavy atom. The maximum absolute atomic E-state index is 3.63. The van der Waals surface area contributed by atoms with Crippen LogP contribution in [0.5, 0.6) is 0 Å². The minimum absolute atomic E-state index is 0.368. The summed E-state index contributed by atoms with van der Waals surface area (Å²) in [5.41, 5.74) is 3.11. The van der Waals surface area contributed by atoms with Gasteiger partial charge in [0.2, 0.25) is 0 Å². The molecule has 1 aromatic carbocycles. The van der Waals surface area contributed by atoms with Crippen molar-refractivity contribution in [2.75, 3.05) is 31.6 Å². The zero-order valence-corrected chi connectivity index (χ0v) is 14.7. The minimum atomic E-state index is 0.368. The van der Waals surface area contributed by atoms with Gasteiger partial charge in [-0.1, -0.05) is 39.8 Å². The molecule has 0 aliphatic heterocycles. The van der Waals surface area contributed by atoms with Crippen LogP contribution in [0.4, 0.5) is 5.69 Å². The Hall–Kier alpha value is -1.02. The molecule has 0 atom stereocenters. The van der Waals surface area contributed by atoms with Crippen LogP contribution in [0, 0.1) is 5.41 Å². The van der Waals surface area contributed by atoms with Gasteiger partial charge in [-0.3, -0.25) is 0 Å². The number of rotatable bonds is 10. The van der Waals surface area contributed by atoms with Crippen molar-refractivity contribution in [1.82, 2.24) is 5.32 Å². The van der Waals surface area contributed by atoms with Gasteiger partial charge in [0.25, 0.3) is 0 Å². The van der Waals surface area contributed by atoms with Crippen LogP contribution in [0.3, 0.4) is 0 Å². The second-order valence-electron chi connectivity index (χ2n) is 6.26. The van der Waals surface area contributed by atoms with E-state index in [1.807, 2.05) is 0 Å². The predicted molar refractivity (Wildman–Crippen MR) is 95.3 cm³/mol. The van der Waals surface area contributed by atoms with Crippen LogP contribution in [0.15, 0.2) is 24.3 Å². The molecule has 0 heterocycles. The van der Waals surface area contributed by atoms with Gasteiger partial charge in [-0.15, -0.1) is 0 Å². The molecule has 0 saturated heterocycles. The molecule has 0 spiro atoms. The van der Waals surface area contributed by atoms with Gasteiger partial charge in [0, 0.05) is 25.8 Å². The molecule has 1 rings (SSSR count). The number of hydrogen-bond acceptors (Lipinski definition) is 2. The van der Waals surface area contributed by atoms with E-state index < -0.39 is 0 Å². The highest BCUT2D eigenvalue weighted by Gasteiger charge is 2.27. The molecule has 1 aromatic rings. The summed E-state index contributed by atoms with van der Waals surface area (Å²) in [6, 6.07) is 9.02. The fraction of sp³-hybridized carbons (Fsp3) is 0.684. The molecule has 0 radical (unpaired) electrons. The van der Waals surface area contributed by atoms with Crippen molar-refractivity contribution in [1.29, 1.82) is 0 Å². The molecule has 2 nitrogen and oxygen atoms in total. The van der Waals surface area contributed by atoms with E-state index in [2.05, 4.69) is 69.2 Å².